The third kappa shape index (κ3) is 4.54. The van der Waals surface area contributed by atoms with Crippen LogP contribution in [0, 0.1) is 11.3 Å². The van der Waals surface area contributed by atoms with Crippen LogP contribution < -0.4 is 10.6 Å². The molecule has 0 unspecified atom stereocenters. The van der Waals surface area contributed by atoms with Gasteiger partial charge in [-0.25, -0.2) is 4.79 Å². The highest BCUT2D eigenvalue weighted by Gasteiger charge is 2.47. The van der Waals surface area contributed by atoms with Gasteiger partial charge in [0.25, 0.3) is 11.8 Å². The number of nitrogens with zero attached hydrogens (tertiary/aromatic N) is 2. The molecule has 1 aromatic rings. The molecule has 0 aliphatic carbocycles. The van der Waals surface area contributed by atoms with E-state index in [4.69, 9.17) is 21.6 Å². The number of ether oxygens (including phenoxy) is 1. The highest BCUT2D eigenvalue weighted by Crippen LogP contribution is 2.21. The Bertz CT molecular complexity index is 850. The van der Waals surface area contributed by atoms with Gasteiger partial charge < -0.3 is 15.4 Å². The Morgan fingerprint density at radius 2 is 2.11 bits per heavy atom. The zero-order valence-corrected chi connectivity index (χ0v) is 15.4. The fourth-order valence-corrected chi connectivity index (χ4v) is 2.53. The summed E-state index contributed by atoms with van der Waals surface area (Å²) in [6.07, 6.45) is 0.367. The maximum atomic E-state index is 12.2. The van der Waals surface area contributed by atoms with Crippen LogP contribution in [0.2, 0.25) is 5.02 Å². The van der Waals surface area contributed by atoms with Gasteiger partial charge in [0.15, 0.2) is 6.61 Å². The van der Waals surface area contributed by atoms with Gasteiger partial charge in [-0.1, -0.05) is 18.5 Å². The van der Waals surface area contributed by atoms with Gasteiger partial charge in [-0.2, -0.15) is 5.26 Å². The molecule has 1 aliphatic heterocycles. The van der Waals surface area contributed by atoms with Crippen LogP contribution in [0.5, 0.6) is 0 Å². The van der Waals surface area contributed by atoms with E-state index in [2.05, 4.69) is 10.6 Å². The number of esters is 1. The van der Waals surface area contributed by atoms with Gasteiger partial charge in [-0.3, -0.25) is 19.3 Å². The molecule has 27 heavy (non-hydrogen) atoms. The van der Waals surface area contributed by atoms with Crippen LogP contribution >= 0.6 is 11.6 Å². The highest BCUT2D eigenvalue weighted by atomic mass is 35.5. The number of hydrogen-bond acceptors (Lipinski definition) is 6. The van der Waals surface area contributed by atoms with Crippen molar-refractivity contribution in [2.24, 2.45) is 0 Å². The van der Waals surface area contributed by atoms with Crippen molar-refractivity contribution in [1.29, 1.82) is 5.26 Å². The first-order chi connectivity index (χ1) is 12.7. The summed E-state index contributed by atoms with van der Waals surface area (Å²) in [6, 6.07) is 5.53. The van der Waals surface area contributed by atoms with Crippen LogP contribution in [-0.2, 0) is 19.1 Å². The maximum Gasteiger partial charge on any atom is 0.326 e. The number of imide groups is 1. The number of urea groups is 1. The highest BCUT2D eigenvalue weighted by molar-refractivity contribution is 6.31. The van der Waals surface area contributed by atoms with E-state index in [-0.39, 0.29) is 11.3 Å². The molecule has 10 heteroatoms. The molecule has 142 valence electrons. The molecule has 2 N–H and O–H groups in total. The lowest BCUT2D eigenvalue weighted by atomic mass is 9.99. The summed E-state index contributed by atoms with van der Waals surface area (Å²) in [6.45, 7) is 2.04. The SMILES string of the molecule is CC[C@@]1(C)NC(=O)N(CC(=O)OCC(=O)Nc2cc(Cl)ccc2C#N)C1=O. The van der Waals surface area contributed by atoms with E-state index < -0.39 is 42.5 Å². The minimum Gasteiger partial charge on any atom is -0.454 e. The minimum absolute atomic E-state index is 0.179. The lowest BCUT2D eigenvalue weighted by Gasteiger charge is -2.18. The average Bonchev–Trinajstić information content (AvgIpc) is 2.84. The summed E-state index contributed by atoms with van der Waals surface area (Å²) in [4.78, 5) is 48.6. The molecule has 0 saturated carbocycles. The number of halogens is 1. The molecule has 0 aromatic heterocycles. The Labute approximate surface area is 160 Å². The van der Waals surface area contributed by atoms with Crippen molar-refractivity contribution in [2.75, 3.05) is 18.5 Å². The third-order valence-electron chi connectivity index (χ3n) is 4.08. The second-order valence-electron chi connectivity index (χ2n) is 6.02. The Kier molecular flexibility index (Phi) is 6.02. The van der Waals surface area contributed by atoms with E-state index >= 15 is 0 Å². The second-order valence-corrected chi connectivity index (χ2v) is 6.45. The van der Waals surface area contributed by atoms with Crippen molar-refractivity contribution in [3.63, 3.8) is 0 Å². The number of benzene rings is 1. The molecule has 0 bridgehead atoms. The number of hydrogen-bond donors (Lipinski definition) is 2. The molecule has 1 aromatic carbocycles. The third-order valence-corrected chi connectivity index (χ3v) is 4.31. The molecule has 9 nitrogen and oxygen atoms in total. The largest absolute Gasteiger partial charge is 0.454 e. The number of anilines is 1. The van der Waals surface area contributed by atoms with E-state index in [1.807, 2.05) is 6.07 Å². The van der Waals surface area contributed by atoms with Crippen molar-refractivity contribution in [1.82, 2.24) is 10.2 Å². The van der Waals surface area contributed by atoms with E-state index in [0.717, 1.165) is 4.90 Å². The molecular formula is C17H17ClN4O5. The first-order valence-corrected chi connectivity index (χ1v) is 8.37. The molecule has 2 rings (SSSR count). The fraction of sp³-hybridized carbons (Fsp3) is 0.353. The zero-order chi connectivity index (χ0) is 20.2. The number of amides is 4. The summed E-state index contributed by atoms with van der Waals surface area (Å²) in [5.74, 6) is -2.15. The smallest absolute Gasteiger partial charge is 0.326 e. The monoisotopic (exact) mass is 392 g/mol. The van der Waals surface area contributed by atoms with Crippen LogP contribution in [0.3, 0.4) is 0 Å². The summed E-state index contributed by atoms with van der Waals surface area (Å²) in [5.41, 5.74) is -0.689. The predicted octanol–water partition coefficient (Wildman–Crippen LogP) is 1.41. The van der Waals surface area contributed by atoms with Crippen LogP contribution in [-0.4, -0.2) is 47.4 Å². The van der Waals surface area contributed by atoms with Crippen molar-refractivity contribution >= 4 is 41.1 Å². The number of nitrogens with one attached hydrogen (secondary N) is 2. The predicted molar refractivity (Wildman–Crippen MR) is 94.7 cm³/mol. The molecule has 1 fully saturated rings. The Morgan fingerprint density at radius 1 is 1.41 bits per heavy atom. The molecule has 1 aliphatic rings. The minimum atomic E-state index is -1.06. The van der Waals surface area contributed by atoms with Crippen molar-refractivity contribution < 1.29 is 23.9 Å². The van der Waals surface area contributed by atoms with E-state index in [1.165, 1.54) is 18.2 Å². The van der Waals surface area contributed by atoms with E-state index in [0.29, 0.717) is 11.4 Å². The van der Waals surface area contributed by atoms with Gasteiger partial charge in [0.1, 0.15) is 18.2 Å². The van der Waals surface area contributed by atoms with Crippen LogP contribution in [0.4, 0.5) is 10.5 Å². The van der Waals surface area contributed by atoms with Crippen LogP contribution in [0.1, 0.15) is 25.8 Å². The van der Waals surface area contributed by atoms with Crippen molar-refractivity contribution in [3.05, 3.63) is 28.8 Å². The lowest BCUT2D eigenvalue weighted by Crippen LogP contribution is -2.43. The summed E-state index contributed by atoms with van der Waals surface area (Å²) >= 11 is 5.82. The zero-order valence-electron chi connectivity index (χ0n) is 14.7. The number of nitriles is 1. The first kappa shape index (κ1) is 20.2. The molecule has 1 saturated heterocycles. The van der Waals surface area contributed by atoms with E-state index in [9.17, 15) is 19.2 Å². The summed E-state index contributed by atoms with van der Waals surface area (Å²) in [5, 5.41) is 14.2. The average molecular weight is 393 g/mol. The summed E-state index contributed by atoms with van der Waals surface area (Å²) in [7, 11) is 0. The number of carbonyl (C=O) groups excluding carboxylic acids is 4. The fourth-order valence-electron chi connectivity index (χ4n) is 2.35. The topological polar surface area (TPSA) is 129 Å². The molecule has 1 heterocycles. The Hall–Kier alpha value is -3.12. The molecule has 0 spiro atoms. The lowest BCUT2D eigenvalue weighted by molar-refractivity contribution is -0.150. The van der Waals surface area contributed by atoms with Gasteiger partial charge >= 0.3 is 12.0 Å². The van der Waals surface area contributed by atoms with Gasteiger partial charge in [0.05, 0.1) is 11.3 Å². The van der Waals surface area contributed by atoms with Crippen LogP contribution in [0.25, 0.3) is 0 Å². The standard InChI is InChI=1S/C17H17ClN4O5/c1-3-17(2)15(25)22(16(26)21-17)8-14(24)27-9-13(23)20-12-6-11(18)5-4-10(12)7-19/h4-6H,3,8-9H2,1-2H3,(H,20,23)(H,21,26)/t17-/m1/s1. The van der Waals surface area contributed by atoms with E-state index in [1.54, 1.807) is 13.8 Å². The number of rotatable bonds is 6. The van der Waals surface area contributed by atoms with Gasteiger partial charge in [0, 0.05) is 5.02 Å². The van der Waals surface area contributed by atoms with Crippen molar-refractivity contribution in [2.45, 2.75) is 25.8 Å². The van der Waals surface area contributed by atoms with Gasteiger partial charge in [-0.05, 0) is 31.5 Å². The van der Waals surface area contributed by atoms with Gasteiger partial charge in [0.2, 0.25) is 0 Å². The van der Waals surface area contributed by atoms with Gasteiger partial charge in [-0.15, -0.1) is 0 Å². The molecule has 4 amide bonds. The normalized spacial score (nSPS) is 18.7. The molecular weight excluding hydrogens is 376 g/mol. The quantitative estimate of drug-likeness (QED) is 0.556. The molecule has 1 atom stereocenters. The van der Waals surface area contributed by atoms with Crippen LogP contribution in [0.15, 0.2) is 18.2 Å². The Morgan fingerprint density at radius 3 is 2.70 bits per heavy atom. The first-order valence-electron chi connectivity index (χ1n) is 7.99. The number of carbonyl (C=O) groups is 4. The second kappa shape index (κ2) is 8.05. The Balaban J connectivity index is 1.90. The van der Waals surface area contributed by atoms with Crippen molar-refractivity contribution in [3.8, 4) is 6.07 Å². The maximum absolute atomic E-state index is 12.2. The molecule has 0 radical (unpaired) electrons. The summed E-state index contributed by atoms with van der Waals surface area (Å²) < 4.78 is 4.80.